The van der Waals surface area contributed by atoms with Gasteiger partial charge >= 0.3 is 0 Å². The highest BCUT2D eigenvalue weighted by atomic mass is 32.2. The van der Waals surface area contributed by atoms with Crippen LogP contribution in [0.2, 0.25) is 0 Å². The van der Waals surface area contributed by atoms with E-state index in [2.05, 4.69) is 4.18 Å². The van der Waals surface area contributed by atoms with Crippen molar-refractivity contribution >= 4 is 15.8 Å². The first kappa shape index (κ1) is 13.6. The van der Waals surface area contributed by atoms with E-state index in [4.69, 9.17) is 0 Å². The Morgan fingerprint density at radius 3 is 2.59 bits per heavy atom. The summed E-state index contributed by atoms with van der Waals surface area (Å²) in [6, 6.07) is 5.52. The molecule has 1 aromatic carbocycles. The number of nitrogens with zero attached hydrogens (tertiary/aromatic N) is 1. The standard InChI is InChI=1S/C9H11NO6S/c1-17(14,15)16-6-9(11)7-4-2-3-5-8(7)10(12)13/h2-5,9,11H,6H2,1H3. The Bertz CT molecular complexity index is 512. The van der Waals surface area contributed by atoms with Crippen molar-refractivity contribution in [1.29, 1.82) is 0 Å². The van der Waals surface area contributed by atoms with Crippen LogP contribution in [0.4, 0.5) is 5.69 Å². The smallest absolute Gasteiger partial charge is 0.275 e. The maximum atomic E-state index is 10.7. The molecule has 94 valence electrons. The zero-order valence-corrected chi connectivity index (χ0v) is 9.75. The average molecular weight is 261 g/mol. The monoisotopic (exact) mass is 261 g/mol. The largest absolute Gasteiger partial charge is 0.386 e. The molecule has 8 heteroatoms. The molecule has 0 bridgehead atoms. The summed E-state index contributed by atoms with van der Waals surface area (Å²) in [5.74, 6) is 0. The van der Waals surface area contributed by atoms with Gasteiger partial charge in [0.25, 0.3) is 15.8 Å². The summed E-state index contributed by atoms with van der Waals surface area (Å²) in [7, 11) is -3.69. The zero-order valence-electron chi connectivity index (χ0n) is 8.94. The van der Waals surface area contributed by atoms with Crippen LogP contribution >= 0.6 is 0 Å². The summed E-state index contributed by atoms with van der Waals surface area (Å²) in [5.41, 5.74) is -0.266. The molecule has 1 atom stereocenters. The predicted molar refractivity (Wildman–Crippen MR) is 58.9 cm³/mol. The Morgan fingerprint density at radius 1 is 1.47 bits per heavy atom. The van der Waals surface area contributed by atoms with Gasteiger partial charge < -0.3 is 5.11 Å². The van der Waals surface area contributed by atoms with Gasteiger partial charge in [0.2, 0.25) is 0 Å². The van der Waals surface area contributed by atoms with E-state index in [-0.39, 0.29) is 11.3 Å². The van der Waals surface area contributed by atoms with Crippen molar-refractivity contribution in [2.75, 3.05) is 12.9 Å². The van der Waals surface area contributed by atoms with Crippen molar-refractivity contribution in [1.82, 2.24) is 0 Å². The lowest BCUT2D eigenvalue weighted by Crippen LogP contribution is -2.13. The molecule has 0 aliphatic rings. The summed E-state index contributed by atoms with van der Waals surface area (Å²) >= 11 is 0. The second-order valence-electron chi connectivity index (χ2n) is 3.32. The molecule has 17 heavy (non-hydrogen) atoms. The molecule has 1 unspecified atom stereocenters. The minimum Gasteiger partial charge on any atom is -0.386 e. The number of nitro groups is 1. The van der Waals surface area contributed by atoms with Gasteiger partial charge in [0, 0.05) is 6.07 Å². The lowest BCUT2D eigenvalue weighted by atomic mass is 10.1. The number of aliphatic hydroxyl groups excluding tert-OH is 1. The first-order valence-electron chi connectivity index (χ1n) is 4.57. The van der Waals surface area contributed by atoms with E-state index in [1.165, 1.54) is 24.3 Å². The van der Waals surface area contributed by atoms with Crippen molar-refractivity contribution in [3.05, 3.63) is 39.9 Å². The van der Waals surface area contributed by atoms with Crippen LogP contribution in [0.25, 0.3) is 0 Å². The van der Waals surface area contributed by atoms with Gasteiger partial charge in [0.15, 0.2) is 0 Å². The summed E-state index contributed by atoms with van der Waals surface area (Å²) in [6.07, 6.45) is -0.537. The van der Waals surface area contributed by atoms with Crippen LogP contribution in [0, 0.1) is 10.1 Å². The predicted octanol–water partition coefficient (Wildman–Crippen LogP) is 0.604. The Hall–Kier alpha value is -1.51. The third kappa shape index (κ3) is 4.10. The van der Waals surface area contributed by atoms with Gasteiger partial charge in [0.05, 0.1) is 23.3 Å². The molecule has 1 aromatic rings. The van der Waals surface area contributed by atoms with Crippen LogP contribution in [0.1, 0.15) is 11.7 Å². The number of aliphatic hydroxyl groups is 1. The Morgan fingerprint density at radius 2 is 2.06 bits per heavy atom. The van der Waals surface area contributed by atoms with Crippen LogP contribution in [0.15, 0.2) is 24.3 Å². The Labute approximate surface area is 97.9 Å². The molecule has 0 heterocycles. The van der Waals surface area contributed by atoms with E-state index in [0.717, 1.165) is 6.26 Å². The first-order valence-corrected chi connectivity index (χ1v) is 6.38. The molecular formula is C9H11NO6S. The topological polar surface area (TPSA) is 107 Å². The normalized spacial score (nSPS) is 13.3. The second-order valence-corrected chi connectivity index (χ2v) is 4.96. The van der Waals surface area contributed by atoms with E-state index >= 15 is 0 Å². The van der Waals surface area contributed by atoms with Crippen molar-refractivity contribution in [2.45, 2.75) is 6.10 Å². The number of para-hydroxylation sites is 1. The van der Waals surface area contributed by atoms with E-state index in [1.54, 1.807) is 0 Å². The summed E-state index contributed by atoms with van der Waals surface area (Å²) in [6.45, 7) is -0.552. The SMILES string of the molecule is CS(=O)(=O)OCC(O)c1ccccc1[N+](=O)[O-]. The number of benzene rings is 1. The van der Waals surface area contributed by atoms with E-state index < -0.39 is 27.8 Å². The number of rotatable bonds is 5. The first-order chi connectivity index (χ1) is 7.81. The summed E-state index contributed by atoms with van der Waals surface area (Å²) in [4.78, 5) is 10.0. The van der Waals surface area contributed by atoms with Gasteiger partial charge in [-0.1, -0.05) is 12.1 Å². The molecule has 0 aliphatic heterocycles. The van der Waals surface area contributed by atoms with Crippen LogP contribution in [0.5, 0.6) is 0 Å². The molecule has 0 radical (unpaired) electrons. The van der Waals surface area contributed by atoms with Crippen molar-refractivity contribution in [3.63, 3.8) is 0 Å². The van der Waals surface area contributed by atoms with Gasteiger partial charge in [-0.05, 0) is 6.07 Å². The van der Waals surface area contributed by atoms with E-state index in [0.29, 0.717) is 0 Å². The average Bonchev–Trinajstić information content (AvgIpc) is 2.25. The molecule has 7 nitrogen and oxygen atoms in total. The van der Waals surface area contributed by atoms with Crippen LogP contribution in [-0.4, -0.2) is 31.3 Å². The van der Waals surface area contributed by atoms with Crippen molar-refractivity contribution in [3.8, 4) is 0 Å². The lowest BCUT2D eigenvalue weighted by Gasteiger charge is -2.10. The molecule has 0 amide bonds. The second kappa shape index (κ2) is 5.21. The fourth-order valence-electron chi connectivity index (χ4n) is 1.21. The van der Waals surface area contributed by atoms with Gasteiger partial charge in [-0.25, -0.2) is 0 Å². The number of hydrogen-bond acceptors (Lipinski definition) is 6. The quantitative estimate of drug-likeness (QED) is 0.472. The molecule has 0 aliphatic carbocycles. The maximum Gasteiger partial charge on any atom is 0.275 e. The summed E-state index contributed by atoms with van der Waals surface area (Å²) < 4.78 is 25.8. The van der Waals surface area contributed by atoms with E-state index in [9.17, 15) is 23.6 Å². The molecule has 1 rings (SSSR count). The fourth-order valence-corrected chi connectivity index (χ4v) is 1.59. The van der Waals surface area contributed by atoms with Gasteiger partial charge in [0.1, 0.15) is 6.10 Å². The lowest BCUT2D eigenvalue weighted by molar-refractivity contribution is -0.386. The van der Waals surface area contributed by atoms with E-state index in [1.807, 2.05) is 0 Å². The highest BCUT2D eigenvalue weighted by Gasteiger charge is 2.20. The van der Waals surface area contributed by atoms with Gasteiger partial charge in [-0.3, -0.25) is 14.3 Å². The Balaban J connectivity index is 2.89. The third-order valence-corrected chi connectivity index (χ3v) is 2.50. The highest BCUT2D eigenvalue weighted by Crippen LogP contribution is 2.24. The molecule has 0 saturated carbocycles. The molecular weight excluding hydrogens is 250 g/mol. The minimum atomic E-state index is -3.69. The summed E-state index contributed by atoms with van der Waals surface area (Å²) in [5, 5.41) is 20.3. The number of nitro benzene ring substituents is 1. The van der Waals surface area contributed by atoms with Crippen LogP contribution in [0.3, 0.4) is 0 Å². The zero-order chi connectivity index (χ0) is 13.1. The molecule has 1 N–H and O–H groups in total. The van der Waals surface area contributed by atoms with Crippen molar-refractivity contribution < 1.29 is 22.6 Å². The fraction of sp³-hybridized carbons (Fsp3) is 0.333. The maximum absolute atomic E-state index is 10.7. The molecule has 0 saturated heterocycles. The van der Waals surface area contributed by atoms with Crippen LogP contribution < -0.4 is 0 Å². The third-order valence-electron chi connectivity index (χ3n) is 1.93. The molecule has 0 fully saturated rings. The molecule has 0 aromatic heterocycles. The number of hydrogen-bond donors (Lipinski definition) is 1. The minimum absolute atomic E-state index is 0.0150. The highest BCUT2D eigenvalue weighted by molar-refractivity contribution is 7.85. The van der Waals surface area contributed by atoms with Crippen molar-refractivity contribution in [2.24, 2.45) is 0 Å². The van der Waals surface area contributed by atoms with Gasteiger partial charge in [-0.15, -0.1) is 0 Å². The van der Waals surface area contributed by atoms with Crippen LogP contribution in [-0.2, 0) is 14.3 Å². The molecule has 0 spiro atoms. The Kier molecular flexibility index (Phi) is 4.16. The van der Waals surface area contributed by atoms with Gasteiger partial charge in [-0.2, -0.15) is 8.42 Å².